The summed E-state index contributed by atoms with van der Waals surface area (Å²) in [6.45, 7) is 1.89. The van der Waals surface area contributed by atoms with Crippen LogP contribution in [0.1, 0.15) is 84.0 Å². The highest BCUT2D eigenvalue weighted by Crippen LogP contribution is 2.46. The first-order valence-corrected chi connectivity index (χ1v) is 21.6. The minimum atomic E-state index is -1.25. The zero-order chi connectivity index (χ0) is 42.2. The smallest absolute Gasteiger partial charge is 0.332 e. The molecule has 14 nitrogen and oxygen atoms in total. The molecule has 2 aliphatic heterocycles. The molecule has 320 valence electrons. The van der Waals surface area contributed by atoms with Crippen molar-refractivity contribution in [3.8, 4) is 22.8 Å². The molecule has 2 saturated carbocycles. The van der Waals surface area contributed by atoms with E-state index in [9.17, 15) is 24.0 Å². The summed E-state index contributed by atoms with van der Waals surface area (Å²) in [5, 5.41) is 12.4. The van der Waals surface area contributed by atoms with Crippen molar-refractivity contribution >= 4 is 40.6 Å². The molecule has 0 radical (unpaired) electrons. The number of hydrogen-bond donors (Lipinski definition) is 4. The number of methoxy groups -OCH3 is 1. The second-order valence-electron chi connectivity index (χ2n) is 16.5. The number of allylic oxidation sites excluding steroid dienone is 1. The zero-order valence-corrected chi connectivity index (χ0v) is 34.9. The average molecular weight is 823 g/mol. The number of amides is 5. The minimum Gasteiger partial charge on any atom is -0.497 e. The number of likely N-dealkylation sites (N-methyl/N-ethyl adjacent to an activating group) is 1. The van der Waals surface area contributed by atoms with Crippen LogP contribution in [0.5, 0.6) is 11.5 Å². The van der Waals surface area contributed by atoms with Gasteiger partial charge in [0.15, 0.2) is 0 Å². The standard InChI is InChI=1S/C46H58N6O8/c1-4-59-44(56)46-27-31(46)20-14-6-5-7-15-21-35(41(53)50-40(43(55)47-2)30-18-12-9-13-19-30)49-45(57)52-28-33(25-38(52)42(54)51-46)60-39-26-36(29-16-10-8-11-17-29)48-37-24-32(58-3)22-23-34(37)39/h8,10-11,14,16-17,20,22-24,26,30-31,33,35,38,40H,4-7,9,12-13,15,18-19,21,25,27-28H2,1-3H3,(H,47,55)(H,49,57)(H,50,53)(H,51,54)/t31-,33?,35+,38+,40+,46?/m1/s1. The lowest BCUT2D eigenvalue weighted by atomic mass is 9.83. The summed E-state index contributed by atoms with van der Waals surface area (Å²) in [6.07, 6.45) is 12.0. The lowest BCUT2D eigenvalue weighted by Crippen LogP contribution is -2.59. The molecule has 4 N–H and O–H groups in total. The molecule has 6 atom stereocenters. The predicted molar refractivity (Wildman–Crippen MR) is 226 cm³/mol. The number of esters is 1. The molecule has 3 heterocycles. The number of carbonyl (C=O) groups excluding carboxylic acids is 5. The number of pyridine rings is 1. The summed E-state index contributed by atoms with van der Waals surface area (Å²) in [5.74, 6) is -0.831. The van der Waals surface area contributed by atoms with Crippen molar-refractivity contribution in [3.05, 3.63) is 66.7 Å². The number of aromatic nitrogens is 1. The Morgan fingerprint density at radius 3 is 2.50 bits per heavy atom. The fourth-order valence-corrected chi connectivity index (χ4v) is 9.03. The van der Waals surface area contributed by atoms with E-state index in [1.54, 1.807) is 21.1 Å². The van der Waals surface area contributed by atoms with Gasteiger partial charge in [0.25, 0.3) is 0 Å². The number of nitrogens with one attached hydrogen (secondary N) is 4. The maximum absolute atomic E-state index is 14.5. The van der Waals surface area contributed by atoms with E-state index in [4.69, 9.17) is 19.2 Å². The molecule has 7 rings (SSSR count). The quantitative estimate of drug-likeness (QED) is 0.150. The van der Waals surface area contributed by atoms with Gasteiger partial charge in [0.05, 0.1) is 31.5 Å². The summed E-state index contributed by atoms with van der Waals surface area (Å²) in [5.41, 5.74) is 0.950. The first kappa shape index (κ1) is 42.5. The van der Waals surface area contributed by atoms with Crippen LogP contribution in [0.15, 0.2) is 66.7 Å². The number of urea groups is 1. The van der Waals surface area contributed by atoms with Gasteiger partial charge in [-0.3, -0.25) is 14.4 Å². The van der Waals surface area contributed by atoms with Crippen LogP contribution in [0, 0.1) is 11.8 Å². The number of rotatable bonds is 10. The van der Waals surface area contributed by atoms with Gasteiger partial charge in [-0.15, -0.1) is 0 Å². The molecule has 2 aliphatic carbocycles. The molecule has 3 aromatic rings. The molecule has 0 bridgehead atoms. The minimum absolute atomic E-state index is 0.00775. The molecule has 14 heteroatoms. The van der Waals surface area contributed by atoms with Crippen LogP contribution in [0.3, 0.4) is 0 Å². The number of benzene rings is 2. The SMILES string of the molecule is CCOC(=O)C12C[C@H]1C=CCCCCC[C@@H](C(=O)N[C@H](C(=O)NC)C1CCCCC1)NC(=O)N1CC(Oc3cc(-c4ccccc4)nc4cc(OC)ccc34)C[C@H]1C(=O)N2. The van der Waals surface area contributed by atoms with Gasteiger partial charge in [0.1, 0.15) is 41.3 Å². The van der Waals surface area contributed by atoms with Crippen molar-refractivity contribution in [2.75, 3.05) is 27.3 Å². The van der Waals surface area contributed by atoms with Crippen molar-refractivity contribution in [1.29, 1.82) is 0 Å². The third-order valence-electron chi connectivity index (χ3n) is 12.5. The van der Waals surface area contributed by atoms with E-state index in [0.717, 1.165) is 62.3 Å². The maximum atomic E-state index is 14.5. The average Bonchev–Trinajstić information content (AvgIpc) is 3.80. The van der Waals surface area contributed by atoms with E-state index < -0.39 is 53.6 Å². The normalized spacial score (nSPS) is 25.5. The summed E-state index contributed by atoms with van der Waals surface area (Å²) in [4.78, 5) is 76.1. The Morgan fingerprint density at radius 2 is 1.75 bits per heavy atom. The van der Waals surface area contributed by atoms with Gasteiger partial charge >= 0.3 is 12.0 Å². The molecule has 3 fully saturated rings. The molecular formula is C46H58N6O8. The third-order valence-corrected chi connectivity index (χ3v) is 12.5. The van der Waals surface area contributed by atoms with E-state index in [1.807, 2.05) is 66.7 Å². The van der Waals surface area contributed by atoms with Crippen LogP contribution in [0.4, 0.5) is 4.79 Å². The van der Waals surface area contributed by atoms with Crippen LogP contribution in [0.2, 0.25) is 0 Å². The highest BCUT2D eigenvalue weighted by atomic mass is 16.5. The Bertz CT molecular complexity index is 2070. The Kier molecular flexibility index (Phi) is 13.6. The topological polar surface area (TPSA) is 177 Å². The van der Waals surface area contributed by atoms with Crippen molar-refractivity contribution in [3.63, 3.8) is 0 Å². The molecule has 0 spiro atoms. The second kappa shape index (κ2) is 19.2. The van der Waals surface area contributed by atoms with Crippen molar-refractivity contribution < 1.29 is 38.2 Å². The second-order valence-corrected chi connectivity index (χ2v) is 16.5. The molecule has 4 aliphatic rings. The molecule has 5 amide bonds. The van der Waals surface area contributed by atoms with Gasteiger partial charge in [0.2, 0.25) is 17.7 Å². The lowest BCUT2D eigenvalue weighted by molar-refractivity contribution is -0.149. The van der Waals surface area contributed by atoms with Gasteiger partial charge in [-0.25, -0.2) is 14.6 Å². The summed E-state index contributed by atoms with van der Waals surface area (Å²) < 4.78 is 17.7. The van der Waals surface area contributed by atoms with E-state index in [-0.39, 0.29) is 37.3 Å². The summed E-state index contributed by atoms with van der Waals surface area (Å²) >= 11 is 0. The van der Waals surface area contributed by atoms with Gasteiger partial charge < -0.3 is 40.4 Å². The van der Waals surface area contributed by atoms with E-state index in [2.05, 4.69) is 21.3 Å². The van der Waals surface area contributed by atoms with Crippen LogP contribution in [-0.2, 0) is 23.9 Å². The first-order chi connectivity index (χ1) is 29.1. The van der Waals surface area contributed by atoms with Crippen LogP contribution >= 0.6 is 0 Å². The zero-order valence-electron chi connectivity index (χ0n) is 34.9. The first-order valence-electron chi connectivity index (χ1n) is 21.6. The lowest BCUT2D eigenvalue weighted by Gasteiger charge is -2.32. The van der Waals surface area contributed by atoms with E-state index in [1.165, 1.54) is 4.90 Å². The molecule has 1 aromatic heterocycles. The van der Waals surface area contributed by atoms with Crippen LogP contribution in [-0.4, -0.2) is 96.7 Å². The Balaban J connectivity index is 1.20. The molecular weight excluding hydrogens is 765 g/mol. The number of ether oxygens (including phenoxy) is 3. The predicted octanol–water partition coefficient (Wildman–Crippen LogP) is 5.58. The molecule has 2 unspecified atom stereocenters. The van der Waals surface area contributed by atoms with Gasteiger partial charge in [-0.2, -0.15) is 0 Å². The number of carbonyl (C=O) groups is 5. The Morgan fingerprint density at radius 1 is 0.983 bits per heavy atom. The highest BCUT2D eigenvalue weighted by molar-refractivity contribution is 5.97. The van der Waals surface area contributed by atoms with E-state index in [0.29, 0.717) is 42.0 Å². The largest absolute Gasteiger partial charge is 0.497 e. The number of fused-ring (bicyclic) bond motifs is 3. The highest BCUT2D eigenvalue weighted by Gasteiger charge is 2.62. The number of hydrogen-bond acceptors (Lipinski definition) is 9. The fraction of sp³-hybridized carbons (Fsp3) is 0.522. The van der Waals surface area contributed by atoms with Gasteiger partial charge in [-0.1, -0.05) is 74.6 Å². The van der Waals surface area contributed by atoms with Crippen LogP contribution in [0.25, 0.3) is 22.2 Å². The van der Waals surface area contributed by atoms with Crippen molar-refractivity contribution in [2.45, 2.75) is 114 Å². The van der Waals surface area contributed by atoms with Crippen molar-refractivity contribution in [2.24, 2.45) is 11.8 Å². The van der Waals surface area contributed by atoms with E-state index >= 15 is 0 Å². The van der Waals surface area contributed by atoms with Crippen LogP contribution < -0.4 is 30.7 Å². The molecule has 60 heavy (non-hydrogen) atoms. The molecule has 1 saturated heterocycles. The van der Waals surface area contributed by atoms with Gasteiger partial charge in [0, 0.05) is 42.5 Å². The van der Waals surface area contributed by atoms with Gasteiger partial charge in [-0.05, 0) is 63.5 Å². The van der Waals surface area contributed by atoms with Crippen molar-refractivity contribution in [1.82, 2.24) is 31.2 Å². The molecule has 2 aromatic carbocycles. The maximum Gasteiger partial charge on any atom is 0.332 e. The third kappa shape index (κ3) is 9.53. The Hall–Kier alpha value is -5.66. The summed E-state index contributed by atoms with van der Waals surface area (Å²) in [7, 11) is 3.15. The summed E-state index contributed by atoms with van der Waals surface area (Å²) in [6, 6.07) is 13.7. The number of nitrogens with zero attached hydrogens (tertiary/aromatic N) is 2. The Labute approximate surface area is 351 Å². The fourth-order valence-electron chi connectivity index (χ4n) is 9.03. The monoisotopic (exact) mass is 822 g/mol.